The number of unbranched alkanes of at least 4 members (excludes halogenated alkanes) is 2. The largest absolute Gasteiger partial charge is 0.353 e. The summed E-state index contributed by atoms with van der Waals surface area (Å²) < 4.78 is 51.9. The molecular weight excluding hydrogens is 406 g/mol. The molecule has 3 aliphatic rings. The first-order chi connectivity index (χ1) is 14.5. The van der Waals surface area contributed by atoms with Crippen molar-refractivity contribution in [3.05, 3.63) is 0 Å². The van der Waals surface area contributed by atoms with Gasteiger partial charge >= 0.3 is 0 Å². The van der Waals surface area contributed by atoms with Crippen molar-refractivity contribution in [1.29, 1.82) is 0 Å². The molecule has 6 atom stereocenters. The average molecular weight is 448 g/mol. The van der Waals surface area contributed by atoms with Crippen LogP contribution >= 0.6 is 0 Å². The number of hydrogen-bond acceptors (Lipinski definition) is 6. The van der Waals surface area contributed by atoms with Crippen LogP contribution in [0.4, 0.5) is 0 Å². The van der Waals surface area contributed by atoms with Crippen LogP contribution in [0.25, 0.3) is 0 Å². The zero-order valence-electron chi connectivity index (χ0n) is 18.7. The summed E-state index contributed by atoms with van der Waals surface area (Å²) in [6.45, 7) is 6.10. The van der Waals surface area contributed by atoms with Gasteiger partial charge in [0.1, 0.15) is 0 Å². The molecule has 2 heterocycles. The summed E-state index contributed by atoms with van der Waals surface area (Å²) in [5, 5.41) is 0. The molecule has 3 rings (SSSR count). The second kappa shape index (κ2) is 12.1. The van der Waals surface area contributed by atoms with Crippen molar-refractivity contribution in [1.82, 2.24) is 4.72 Å². The van der Waals surface area contributed by atoms with Crippen molar-refractivity contribution in [2.24, 2.45) is 11.8 Å². The molecule has 0 bridgehead atoms. The molecule has 0 aromatic heterocycles. The fraction of sp³-hybridized carbons (Fsp3) is 1.00. The van der Waals surface area contributed by atoms with Gasteiger partial charge in [0.2, 0.25) is 10.0 Å². The van der Waals surface area contributed by atoms with E-state index in [2.05, 4.69) is 18.6 Å². The molecule has 0 aromatic carbocycles. The number of nitrogens with one attached hydrogen (secondary N) is 1. The smallest absolute Gasteiger partial charge is 0.211 e. The predicted octanol–water partition coefficient (Wildman–Crippen LogP) is 3.58. The van der Waals surface area contributed by atoms with E-state index in [1.165, 1.54) is 0 Å². The minimum Gasteiger partial charge on any atom is -0.353 e. The third kappa shape index (κ3) is 7.41. The molecule has 0 spiro atoms. The molecule has 0 radical (unpaired) electrons. The van der Waals surface area contributed by atoms with E-state index in [9.17, 15) is 8.42 Å². The molecule has 176 valence electrons. The highest BCUT2D eigenvalue weighted by atomic mass is 32.2. The Hall–Kier alpha value is -0.250. The highest BCUT2D eigenvalue weighted by Gasteiger charge is 2.44. The minimum absolute atomic E-state index is 0.0105. The van der Waals surface area contributed by atoms with Crippen molar-refractivity contribution in [3.63, 3.8) is 0 Å². The molecule has 1 N–H and O–H groups in total. The van der Waals surface area contributed by atoms with Gasteiger partial charge in [-0.25, -0.2) is 13.1 Å². The first-order valence-corrected chi connectivity index (χ1v) is 13.6. The zero-order chi connectivity index (χ0) is 21.4. The summed E-state index contributed by atoms with van der Waals surface area (Å²) in [5.41, 5.74) is 0. The van der Waals surface area contributed by atoms with E-state index < -0.39 is 10.0 Å². The van der Waals surface area contributed by atoms with E-state index in [0.29, 0.717) is 13.0 Å². The Balaban J connectivity index is 1.59. The van der Waals surface area contributed by atoms with Crippen LogP contribution in [0.2, 0.25) is 0 Å². The van der Waals surface area contributed by atoms with Crippen molar-refractivity contribution in [3.8, 4) is 0 Å². The summed E-state index contributed by atoms with van der Waals surface area (Å²) in [6, 6.07) is 0. The van der Waals surface area contributed by atoms with Crippen molar-refractivity contribution in [2.45, 2.75) is 103 Å². The summed E-state index contributed by atoms with van der Waals surface area (Å²) >= 11 is 0. The van der Waals surface area contributed by atoms with E-state index in [1.54, 1.807) is 0 Å². The Morgan fingerprint density at radius 1 is 0.933 bits per heavy atom. The Morgan fingerprint density at radius 2 is 1.57 bits per heavy atom. The van der Waals surface area contributed by atoms with Gasteiger partial charge in [0.25, 0.3) is 0 Å². The molecule has 8 heteroatoms. The quantitative estimate of drug-likeness (QED) is 0.488. The van der Waals surface area contributed by atoms with Crippen LogP contribution in [-0.4, -0.2) is 58.7 Å². The monoisotopic (exact) mass is 447 g/mol. The fourth-order valence-corrected chi connectivity index (χ4v) is 5.93. The van der Waals surface area contributed by atoms with Gasteiger partial charge in [0.15, 0.2) is 12.6 Å². The van der Waals surface area contributed by atoms with Crippen molar-refractivity contribution >= 4 is 10.0 Å². The lowest BCUT2D eigenvalue weighted by atomic mass is 9.95. The summed E-state index contributed by atoms with van der Waals surface area (Å²) in [6.07, 6.45) is 9.22. The molecule has 3 fully saturated rings. The Morgan fingerprint density at radius 3 is 2.13 bits per heavy atom. The van der Waals surface area contributed by atoms with Crippen LogP contribution in [-0.2, 0) is 29.0 Å². The number of hydrogen-bond donors (Lipinski definition) is 1. The van der Waals surface area contributed by atoms with Gasteiger partial charge < -0.3 is 18.9 Å². The Bertz CT molecular complexity index is 588. The lowest BCUT2D eigenvalue weighted by Gasteiger charge is -2.30. The first kappa shape index (κ1) is 24.4. The Kier molecular flexibility index (Phi) is 9.85. The van der Waals surface area contributed by atoms with Gasteiger partial charge in [-0.2, -0.15) is 0 Å². The number of ether oxygens (including phenoxy) is 4. The highest BCUT2D eigenvalue weighted by Crippen LogP contribution is 2.38. The predicted molar refractivity (Wildman–Crippen MR) is 116 cm³/mol. The second-order valence-corrected chi connectivity index (χ2v) is 11.0. The van der Waals surface area contributed by atoms with E-state index in [-0.39, 0.29) is 42.4 Å². The van der Waals surface area contributed by atoms with E-state index in [0.717, 1.165) is 71.0 Å². The van der Waals surface area contributed by atoms with Crippen LogP contribution in [0.1, 0.15) is 78.1 Å². The summed E-state index contributed by atoms with van der Waals surface area (Å²) in [7, 11) is -3.27. The zero-order valence-corrected chi connectivity index (χ0v) is 19.5. The standard InChI is InChI=1S/C22H41NO6S/c1-3-4-9-14-30(24,25)23-16-18-17(2)19(28-21-10-5-7-12-26-21)15-20(18)29-22-11-6-8-13-27-22/h17-23H,3-16H2,1-2H3. The van der Waals surface area contributed by atoms with Crippen LogP contribution in [0.5, 0.6) is 0 Å². The lowest BCUT2D eigenvalue weighted by molar-refractivity contribution is -0.204. The Labute approximate surface area is 182 Å². The summed E-state index contributed by atoms with van der Waals surface area (Å²) in [5.74, 6) is 0.433. The average Bonchev–Trinajstić information content (AvgIpc) is 3.02. The molecule has 2 aliphatic heterocycles. The van der Waals surface area contributed by atoms with Gasteiger partial charge in [-0.3, -0.25) is 0 Å². The topological polar surface area (TPSA) is 83.1 Å². The van der Waals surface area contributed by atoms with Gasteiger partial charge in [0.05, 0.1) is 18.0 Å². The van der Waals surface area contributed by atoms with Crippen LogP contribution in [0, 0.1) is 11.8 Å². The molecule has 1 saturated carbocycles. The normalized spacial score (nSPS) is 35.5. The molecule has 0 amide bonds. The third-order valence-electron chi connectivity index (χ3n) is 6.69. The number of sulfonamides is 1. The first-order valence-electron chi connectivity index (χ1n) is 12.0. The maximum absolute atomic E-state index is 12.4. The summed E-state index contributed by atoms with van der Waals surface area (Å²) in [4.78, 5) is 0. The van der Waals surface area contributed by atoms with Crippen molar-refractivity contribution < 1.29 is 27.4 Å². The molecule has 0 aromatic rings. The SMILES string of the molecule is CCCCCS(=O)(=O)NCC1C(OC2CCCCO2)CC(OC2CCCCO2)C1C. The van der Waals surface area contributed by atoms with Gasteiger partial charge in [-0.1, -0.05) is 26.7 Å². The molecule has 2 saturated heterocycles. The third-order valence-corrected chi connectivity index (χ3v) is 8.12. The highest BCUT2D eigenvalue weighted by molar-refractivity contribution is 7.89. The minimum atomic E-state index is -3.27. The lowest BCUT2D eigenvalue weighted by Crippen LogP contribution is -2.39. The number of rotatable bonds is 11. The maximum atomic E-state index is 12.4. The van der Waals surface area contributed by atoms with E-state index in [1.807, 2.05) is 0 Å². The van der Waals surface area contributed by atoms with Crippen LogP contribution < -0.4 is 4.72 Å². The van der Waals surface area contributed by atoms with Gasteiger partial charge in [0, 0.05) is 32.1 Å². The maximum Gasteiger partial charge on any atom is 0.211 e. The van der Waals surface area contributed by atoms with E-state index in [4.69, 9.17) is 18.9 Å². The van der Waals surface area contributed by atoms with Gasteiger partial charge in [-0.15, -0.1) is 0 Å². The molecular formula is C22H41NO6S. The van der Waals surface area contributed by atoms with Crippen molar-refractivity contribution in [2.75, 3.05) is 25.5 Å². The molecule has 30 heavy (non-hydrogen) atoms. The van der Waals surface area contributed by atoms with E-state index >= 15 is 0 Å². The van der Waals surface area contributed by atoms with Crippen LogP contribution in [0.15, 0.2) is 0 Å². The second-order valence-electron chi connectivity index (χ2n) is 9.07. The van der Waals surface area contributed by atoms with Gasteiger partial charge in [-0.05, 0) is 50.9 Å². The molecule has 6 unspecified atom stereocenters. The fourth-order valence-electron chi connectivity index (χ4n) is 4.75. The van der Waals surface area contributed by atoms with Crippen LogP contribution in [0.3, 0.4) is 0 Å². The molecule has 7 nitrogen and oxygen atoms in total. The molecule has 1 aliphatic carbocycles.